The van der Waals surface area contributed by atoms with Crippen molar-refractivity contribution >= 4 is 22.4 Å². The van der Waals surface area contributed by atoms with Crippen LogP contribution in [0.3, 0.4) is 0 Å². The van der Waals surface area contributed by atoms with E-state index in [1.807, 2.05) is 30.5 Å². The van der Waals surface area contributed by atoms with Gasteiger partial charge >= 0.3 is 0 Å². The number of benzene rings is 1. The highest BCUT2D eigenvalue weighted by atomic mass is 35.5. The zero-order valence-electron chi connectivity index (χ0n) is 8.84. The van der Waals surface area contributed by atoms with E-state index in [0.29, 0.717) is 5.15 Å². The van der Waals surface area contributed by atoms with Crippen molar-refractivity contribution in [2.75, 3.05) is 0 Å². The van der Waals surface area contributed by atoms with E-state index in [-0.39, 0.29) is 0 Å². The molecule has 3 nitrogen and oxygen atoms in total. The topological polar surface area (TPSA) is 38.7 Å². The maximum Gasteiger partial charge on any atom is 0.133 e. The first-order valence-corrected chi connectivity index (χ1v) is 5.53. The van der Waals surface area contributed by atoms with Gasteiger partial charge in [0, 0.05) is 29.4 Å². The summed E-state index contributed by atoms with van der Waals surface area (Å²) in [6, 6.07) is 9.75. The number of nitrogens with zero attached hydrogens (tertiary/aromatic N) is 3. The predicted molar refractivity (Wildman–Crippen MR) is 67.8 cm³/mol. The molecule has 0 bridgehead atoms. The lowest BCUT2D eigenvalue weighted by Gasteiger charge is -2.05. The van der Waals surface area contributed by atoms with Crippen molar-refractivity contribution in [2.24, 2.45) is 0 Å². The molecular weight excluding hydrogens is 234 g/mol. The Morgan fingerprint density at radius 2 is 2.00 bits per heavy atom. The highest BCUT2D eigenvalue weighted by Gasteiger charge is 2.05. The van der Waals surface area contributed by atoms with Crippen LogP contribution in [0.2, 0.25) is 5.15 Å². The second kappa shape index (κ2) is 4.11. The van der Waals surface area contributed by atoms with E-state index in [2.05, 4.69) is 15.0 Å². The van der Waals surface area contributed by atoms with Gasteiger partial charge in [0.15, 0.2) is 0 Å². The van der Waals surface area contributed by atoms with Gasteiger partial charge in [-0.1, -0.05) is 29.8 Å². The van der Waals surface area contributed by atoms with E-state index in [0.717, 1.165) is 22.0 Å². The summed E-state index contributed by atoms with van der Waals surface area (Å²) in [7, 11) is 0. The van der Waals surface area contributed by atoms with Crippen LogP contribution in [0.25, 0.3) is 22.0 Å². The minimum atomic E-state index is 0.445. The van der Waals surface area contributed by atoms with Gasteiger partial charge in [0.1, 0.15) is 11.5 Å². The molecule has 1 aromatic carbocycles. The maximum absolute atomic E-state index is 5.88. The largest absolute Gasteiger partial charge is 0.264 e. The Kier molecular flexibility index (Phi) is 2.46. The lowest BCUT2D eigenvalue weighted by molar-refractivity contribution is 1.17. The summed E-state index contributed by atoms with van der Waals surface area (Å²) in [5.74, 6) is 0. The fourth-order valence-electron chi connectivity index (χ4n) is 1.83. The van der Waals surface area contributed by atoms with E-state index in [1.54, 1.807) is 12.3 Å². The molecule has 0 N–H and O–H groups in total. The van der Waals surface area contributed by atoms with E-state index >= 15 is 0 Å². The highest BCUT2D eigenvalue weighted by Crippen LogP contribution is 2.27. The number of pyridine rings is 1. The average molecular weight is 242 g/mol. The standard InChI is InChI=1S/C13H8ClN3/c14-13-6-12(16-8-17-13)11-3-1-2-9-7-15-5-4-10(9)11/h1-8H. The lowest BCUT2D eigenvalue weighted by Crippen LogP contribution is -1.87. The number of hydrogen-bond donors (Lipinski definition) is 0. The molecule has 2 aromatic heterocycles. The molecule has 0 unspecified atom stereocenters. The van der Waals surface area contributed by atoms with E-state index in [1.165, 1.54) is 6.33 Å². The third-order valence-corrected chi connectivity index (χ3v) is 2.80. The third kappa shape index (κ3) is 1.85. The van der Waals surface area contributed by atoms with Gasteiger partial charge in [-0.15, -0.1) is 0 Å². The number of fused-ring (bicyclic) bond motifs is 1. The second-order valence-corrected chi connectivity index (χ2v) is 4.02. The molecule has 0 spiro atoms. The minimum Gasteiger partial charge on any atom is -0.264 e. The van der Waals surface area contributed by atoms with Gasteiger partial charge in [-0.05, 0) is 11.5 Å². The summed E-state index contributed by atoms with van der Waals surface area (Å²) in [6.07, 6.45) is 5.08. The Labute approximate surface area is 103 Å². The molecule has 0 aliphatic rings. The molecule has 2 heterocycles. The van der Waals surface area contributed by atoms with E-state index < -0.39 is 0 Å². The average Bonchev–Trinajstić information content (AvgIpc) is 2.38. The van der Waals surface area contributed by atoms with Crippen LogP contribution in [0.1, 0.15) is 0 Å². The summed E-state index contributed by atoms with van der Waals surface area (Å²) in [5.41, 5.74) is 1.86. The van der Waals surface area contributed by atoms with Gasteiger partial charge in [-0.3, -0.25) is 4.98 Å². The van der Waals surface area contributed by atoms with Crippen LogP contribution < -0.4 is 0 Å². The van der Waals surface area contributed by atoms with Crippen LogP contribution in [-0.2, 0) is 0 Å². The van der Waals surface area contributed by atoms with Crippen molar-refractivity contribution in [3.8, 4) is 11.3 Å². The quantitative estimate of drug-likeness (QED) is 0.614. The smallest absolute Gasteiger partial charge is 0.133 e. The van der Waals surface area contributed by atoms with Gasteiger partial charge in [-0.2, -0.15) is 0 Å². The molecule has 4 heteroatoms. The Balaban J connectivity index is 2.30. The molecular formula is C13H8ClN3. The number of aromatic nitrogens is 3. The Bertz CT molecular complexity index is 677. The van der Waals surface area contributed by atoms with Gasteiger partial charge in [-0.25, -0.2) is 9.97 Å². The van der Waals surface area contributed by atoms with Crippen molar-refractivity contribution in [1.29, 1.82) is 0 Å². The van der Waals surface area contributed by atoms with E-state index in [4.69, 9.17) is 11.6 Å². The van der Waals surface area contributed by atoms with Crippen molar-refractivity contribution in [3.05, 3.63) is 54.2 Å². The normalized spacial score (nSPS) is 10.6. The molecule has 0 saturated carbocycles. The molecule has 0 amide bonds. The second-order valence-electron chi connectivity index (χ2n) is 3.63. The summed E-state index contributed by atoms with van der Waals surface area (Å²) >= 11 is 5.88. The number of halogens is 1. The lowest BCUT2D eigenvalue weighted by atomic mass is 10.0. The summed E-state index contributed by atoms with van der Waals surface area (Å²) in [5, 5.41) is 2.64. The first-order valence-electron chi connectivity index (χ1n) is 5.15. The Morgan fingerprint density at radius 1 is 1.06 bits per heavy atom. The van der Waals surface area contributed by atoms with Gasteiger partial charge in [0.2, 0.25) is 0 Å². The first-order chi connectivity index (χ1) is 8.34. The van der Waals surface area contributed by atoms with Gasteiger partial charge < -0.3 is 0 Å². The molecule has 0 saturated heterocycles. The first kappa shape index (κ1) is 10.2. The molecule has 17 heavy (non-hydrogen) atoms. The zero-order valence-corrected chi connectivity index (χ0v) is 9.59. The van der Waals surface area contributed by atoms with Gasteiger partial charge in [0.25, 0.3) is 0 Å². The van der Waals surface area contributed by atoms with Crippen LogP contribution in [0.4, 0.5) is 0 Å². The fourth-order valence-corrected chi connectivity index (χ4v) is 1.97. The van der Waals surface area contributed by atoms with Crippen molar-refractivity contribution in [2.45, 2.75) is 0 Å². The van der Waals surface area contributed by atoms with Crippen LogP contribution >= 0.6 is 11.6 Å². The Morgan fingerprint density at radius 3 is 2.88 bits per heavy atom. The van der Waals surface area contributed by atoms with Crippen molar-refractivity contribution in [3.63, 3.8) is 0 Å². The summed E-state index contributed by atoms with van der Waals surface area (Å²) in [6.45, 7) is 0. The van der Waals surface area contributed by atoms with E-state index in [9.17, 15) is 0 Å². The predicted octanol–water partition coefficient (Wildman–Crippen LogP) is 3.35. The number of hydrogen-bond acceptors (Lipinski definition) is 3. The summed E-state index contributed by atoms with van der Waals surface area (Å²) in [4.78, 5) is 12.2. The molecule has 82 valence electrons. The highest BCUT2D eigenvalue weighted by molar-refractivity contribution is 6.29. The molecule has 0 atom stereocenters. The van der Waals surface area contributed by atoms with Crippen LogP contribution in [0, 0.1) is 0 Å². The fraction of sp³-hybridized carbons (Fsp3) is 0. The van der Waals surface area contributed by atoms with Gasteiger partial charge in [0.05, 0.1) is 5.69 Å². The minimum absolute atomic E-state index is 0.445. The van der Waals surface area contributed by atoms with Crippen LogP contribution in [-0.4, -0.2) is 15.0 Å². The van der Waals surface area contributed by atoms with Crippen molar-refractivity contribution < 1.29 is 0 Å². The van der Waals surface area contributed by atoms with Crippen LogP contribution in [0.5, 0.6) is 0 Å². The summed E-state index contributed by atoms with van der Waals surface area (Å²) < 4.78 is 0. The molecule has 3 rings (SSSR count). The zero-order chi connectivity index (χ0) is 11.7. The Hall–Kier alpha value is -2.00. The molecule has 0 radical (unpaired) electrons. The monoisotopic (exact) mass is 241 g/mol. The maximum atomic E-state index is 5.88. The molecule has 0 aliphatic carbocycles. The third-order valence-electron chi connectivity index (χ3n) is 2.59. The molecule has 0 aliphatic heterocycles. The van der Waals surface area contributed by atoms with Crippen molar-refractivity contribution in [1.82, 2.24) is 15.0 Å². The molecule has 0 fully saturated rings. The molecule has 3 aromatic rings. The SMILES string of the molecule is Clc1cc(-c2cccc3cnccc23)ncn1. The van der Waals surface area contributed by atoms with Crippen LogP contribution in [0.15, 0.2) is 49.1 Å². The number of rotatable bonds is 1.